The van der Waals surface area contributed by atoms with Gasteiger partial charge in [0.05, 0.1) is 0 Å². The molecule has 0 bridgehead atoms. The number of rotatable bonds is 6. The Balaban J connectivity index is 1.91. The predicted octanol–water partition coefficient (Wildman–Crippen LogP) is 2.71. The van der Waals surface area contributed by atoms with Crippen molar-refractivity contribution in [1.29, 1.82) is 0 Å². The summed E-state index contributed by atoms with van der Waals surface area (Å²) >= 11 is 0. The largest absolute Gasteiger partial charge is 0.399 e. The van der Waals surface area contributed by atoms with E-state index in [0.29, 0.717) is 24.0 Å². The van der Waals surface area contributed by atoms with E-state index in [1.807, 2.05) is 0 Å². The summed E-state index contributed by atoms with van der Waals surface area (Å²) in [6.07, 6.45) is -0.00133. The number of hydrogen-bond donors (Lipinski definition) is 2. The van der Waals surface area contributed by atoms with Crippen molar-refractivity contribution in [3.63, 3.8) is 0 Å². The molecule has 0 aromatic heterocycles. The van der Waals surface area contributed by atoms with Crippen LogP contribution in [0.2, 0.25) is 0 Å². The van der Waals surface area contributed by atoms with Crippen LogP contribution in [0.25, 0.3) is 0 Å². The number of likely N-dealkylation sites (N-methyl/N-ethyl adjacent to an activating group) is 1. The number of anilines is 2. The second kappa shape index (κ2) is 5.52. The Morgan fingerprint density at radius 2 is 2.17 bits per heavy atom. The van der Waals surface area contributed by atoms with Gasteiger partial charge in [-0.2, -0.15) is 0 Å². The zero-order valence-corrected chi connectivity index (χ0v) is 10.5. The van der Waals surface area contributed by atoms with Crippen molar-refractivity contribution in [2.45, 2.75) is 25.3 Å². The van der Waals surface area contributed by atoms with Gasteiger partial charge in [0.15, 0.2) is 0 Å². The molecule has 1 saturated carbocycles. The summed E-state index contributed by atoms with van der Waals surface area (Å²) in [5.41, 5.74) is 6.34. The van der Waals surface area contributed by atoms with Gasteiger partial charge >= 0.3 is 0 Å². The summed E-state index contributed by atoms with van der Waals surface area (Å²) in [6, 6.07) is 5.28. The van der Waals surface area contributed by atoms with Gasteiger partial charge in [-0.05, 0) is 38.1 Å². The third-order valence-electron chi connectivity index (χ3n) is 3.26. The minimum atomic E-state index is -2.50. The van der Waals surface area contributed by atoms with Crippen LogP contribution in [0.3, 0.4) is 0 Å². The summed E-state index contributed by atoms with van der Waals surface area (Å²) in [4.78, 5) is 2.26. The molecule has 2 rings (SSSR count). The van der Waals surface area contributed by atoms with E-state index >= 15 is 0 Å². The minimum Gasteiger partial charge on any atom is -0.399 e. The third-order valence-corrected chi connectivity index (χ3v) is 3.26. The van der Waals surface area contributed by atoms with Crippen LogP contribution in [0, 0.1) is 0 Å². The van der Waals surface area contributed by atoms with Crippen molar-refractivity contribution in [2.75, 3.05) is 31.2 Å². The highest BCUT2D eigenvalue weighted by Gasteiger charge is 2.25. The van der Waals surface area contributed by atoms with Gasteiger partial charge in [-0.1, -0.05) is 0 Å². The molecule has 0 amide bonds. The first-order valence-corrected chi connectivity index (χ1v) is 6.19. The lowest BCUT2D eigenvalue weighted by molar-refractivity contribution is 0.152. The number of nitrogen functional groups attached to an aromatic ring is 1. The quantitative estimate of drug-likeness (QED) is 0.768. The Morgan fingerprint density at radius 1 is 1.44 bits per heavy atom. The van der Waals surface area contributed by atoms with E-state index in [-0.39, 0.29) is 5.56 Å². The van der Waals surface area contributed by atoms with Crippen LogP contribution in [-0.4, -0.2) is 31.1 Å². The minimum absolute atomic E-state index is 0.0240. The molecule has 0 spiro atoms. The molecule has 100 valence electrons. The van der Waals surface area contributed by atoms with Gasteiger partial charge in [-0.3, -0.25) is 0 Å². The van der Waals surface area contributed by atoms with E-state index in [2.05, 4.69) is 17.3 Å². The SMILES string of the molecule is CN(CCNc1ccc(N)cc1C(F)F)C1CC1. The van der Waals surface area contributed by atoms with Crippen molar-refractivity contribution < 1.29 is 8.78 Å². The fraction of sp³-hybridized carbons (Fsp3) is 0.538. The van der Waals surface area contributed by atoms with Crippen molar-refractivity contribution >= 4 is 11.4 Å². The molecular formula is C13H19F2N3. The fourth-order valence-corrected chi connectivity index (χ4v) is 1.99. The zero-order valence-electron chi connectivity index (χ0n) is 10.5. The first-order chi connectivity index (χ1) is 8.58. The number of benzene rings is 1. The van der Waals surface area contributed by atoms with Crippen LogP contribution < -0.4 is 11.1 Å². The molecule has 1 aliphatic carbocycles. The lowest BCUT2D eigenvalue weighted by Crippen LogP contribution is -2.27. The Labute approximate surface area is 106 Å². The molecule has 0 atom stereocenters. The first-order valence-electron chi connectivity index (χ1n) is 6.19. The number of nitrogens with one attached hydrogen (secondary N) is 1. The molecule has 0 heterocycles. The molecule has 0 unspecified atom stereocenters. The molecule has 1 aliphatic rings. The Kier molecular flexibility index (Phi) is 4.01. The molecule has 0 aliphatic heterocycles. The van der Waals surface area contributed by atoms with Crippen LogP contribution in [0.5, 0.6) is 0 Å². The monoisotopic (exact) mass is 255 g/mol. The fourth-order valence-electron chi connectivity index (χ4n) is 1.99. The molecule has 18 heavy (non-hydrogen) atoms. The van der Waals surface area contributed by atoms with Gasteiger partial charge in [0.25, 0.3) is 6.43 Å². The molecule has 1 fully saturated rings. The maximum absolute atomic E-state index is 12.8. The van der Waals surface area contributed by atoms with E-state index in [0.717, 1.165) is 6.54 Å². The maximum atomic E-state index is 12.8. The first kappa shape index (κ1) is 13.1. The number of nitrogens with two attached hydrogens (primary N) is 1. The standard InChI is InChI=1S/C13H19F2N3/c1-18(10-3-4-10)7-6-17-12-5-2-9(16)8-11(12)13(14)15/h2,5,8,10,13,17H,3-4,6-7,16H2,1H3. The maximum Gasteiger partial charge on any atom is 0.265 e. The van der Waals surface area contributed by atoms with E-state index in [1.165, 1.54) is 18.9 Å². The molecule has 3 N–H and O–H groups in total. The molecule has 0 saturated heterocycles. The van der Waals surface area contributed by atoms with Crippen LogP contribution >= 0.6 is 0 Å². The topological polar surface area (TPSA) is 41.3 Å². The van der Waals surface area contributed by atoms with Gasteiger partial charge in [0, 0.05) is 36.1 Å². The summed E-state index contributed by atoms with van der Waals surface area (Å²) < 4.78 is 25.7. The molecule has 1 aromatic rings. The second-order valence-electron chi connectivity index (χ2n) is 4.79. The van der Waals surface area contributed by atoms with Gasteiger partial charge in [0.2, 0.25) is 0 Å². The smallest absolute Gasteiger partial charge is 0.265 e. The highest BCUT2D eigenvalue weighted by atomic mass is 19.3. The normalized spacial score (nSPS) is 15.4. The Hall–Kier alpha value is -1.36. The highest BCUT2D eigenvalue weighted by molar-refractivity contribution is 5.58. The number of alkyl halides is 2. The van der Waals surface area contributed by atoms with Crippen molar-refractivity contribution in [2.24, 2.45) is 0 Å². The summed E-state index contributed by atoms with van der Waals surface area (Å²) in [6.45, 7) is 1.52. The molecular weight excluding hydrogens is 236 g/mol. The van der Waals surface area contributed by atoms with Crippen LogP contribution in [0.15, 0.2) is 18.2 Å². The predicted molar refractivity (Wildman–Crippen MR) is 70.0 cm³/mol. The van der Waals surface area contributed by atoms with E-state index in [1.54, 1.807) is 12.1 Å². The van der Waals surface area contributed by atoms with Crippen LogP contribution in [0.1, 0.15) is 24.8 Å². The summed E-state index contributed by atoms with van der Waals surface area (Å²) in [7, 11) is 2.07. The van der Waals surface area contributed by atoms with E-state index in [9.17, 15) is 8.78 Å². The molecule has 5 heteroatoms. The van der Waals surface area contributed by atoms with E-state index < -0.39 is 6.43 Å². The Morgan fingerprint density at radius 3 is 2.78 bits per heavy atom. The number of halogens is 2. The molecule has 0 radical (unpaired) electrons. The molecule has 3 nitrogen and oxygen atoms in total. The highest BCUT2D eigenvalue weighted by Crippen LogP contribution is 2.29. The van der Waals surface area contributed by atoms with Crippen molar-refractivity contribution in [1.82, 2.24) is 4.90 Å². The number of nitrogens with zero attached hydrogens (tertiary/aromatic N) is 1. The zero-order chi connectivity index (χ0) is 13.1. The second-order valence-corrected chi connectivity index (χ2v) is 4.79. The van der Waals surface area contributed by atoms with Gasteiger partial charge in [-0.25, -0.2) is 8.78 Å². The third kappa shape index (κ3) is 3.32. The van der Waals surface area contributed by atoms with Crippen LogP contribution in [-0.2, 0) is 0 Å². The lowest BCUT2D eigenvalue weighted by atomic mass is 10.1. The average Bonchev–Trinajstić information content (AvgIpc) is 3.14. The van der Waals surface area contributed by atoms with Gasteiger partial charge in [-0.15, -0.1) is 0 Å². The Bertz CT molecular complexity index is 405. The van der Waals surface area contributed by atoms with Crippen molar-refractivity contribution in [3.05, 3.63) is 23.8 Å². The summed E-state index contributed by atoms with van der Waals surface area (Å²) in [5.74, 6) is 0. The number of hydrogen-bond acceptors (Lipinski definition) is 3. The van der Waals surface area contributed by atoms with Crippen LogP contribution in [0.4, 0.5) is 20.2 Å². The average molecular weight is 255 g/mol. The molecule has 1 aromatic carbocycles. The lowest BCUT2D eigenvalue weighted by Gasteiger charge is -2.17. The van der Waals surface area contributed by atoms with Crippen molar-refractivity contribution in [3.8, 4) is 0 Å². The summed E-state index contributed by atoms with van der Waals surface area (Å²) in [5, 5.41) is 3.06. The van der Waals surface area contributed by atoms with E-state index in [4.69, 9.17) is 5.73 Å². The van der Waals surface area contributed by atoms with Gasteiger partial charge in [0.1, 0.15) is 0 Å². The van der Waals surface area contributed by atoms with Gasteiger partial charge < -0.3 is 16.0 Å².